The first kappa shape index (κ1) is 43.0. The van der Waals surface area contributed by atoms with Gasteiger partial charge in [0.25, 0.3) is 0 Å². The van der Waals surface area contributed by atoms with Crippen molar-refractivity contribution in [3.63, 3.8) is 0 Å². The molecule has 4 heterocycles. The molecule has 0 fully saturated rings. The summed E-state index contributed by atoms with van der Waals surface area (Å²) in [5.41, 5.74) is 22.4. The van der Waals surface area contributed by atoms with Gasteiger partial charge in [-0.15, -0.1) is 0 Å². The third-order valence-corrected chi connectivity index (χ3v) is 17.0. The molecule has 2 aliphatic rings. The molecule has 0 saturated carbocycles. The van der Waals surface area contributed by atoms with Gasteiger partial charge in [-0.1, -0.05) is 33.8 Å². The summed E-state index contributed by atoms with van der Waals surface area (Å²) < 4.78 is 8.09. The number of fused-ring (bicyclic) bond motifs is 8. The summed E-state index contributed by atoms with van der Waals surface area (Å²) >= 11 is 0.131. The van der Waals surface area contributed by atoms with Gasteiger partial charge in [0.05, 0.1) is 0 Å². The number of para-hydroxylation sites is 3. The van der Waals surface area contributed by atoms with E-state index in [1.807, 2.05) is 0 Å². The van der Waals surface area contributed by atoms with Gasteiger partial charge in [0.15, 0.2) is 0 Å². The first-order valence-electron chi connectivity index (χ1n) is 24.1. The minimum absolute atomic E-state index is 0.00697. The van der Waals surface area contributed by atoms with Crippen LogP contribution in [0.15, 0.2) is 127 Å². The van der Waals surface area contributed by atoms with Gasteiger partial charge in [0.1, 0.15) is 0 Å². The van der Waals surface area contributed by atoms with Crippen molar-refractivity contribution in [2.24, 2.45) is 0 Å². The Kier molecular flexibility index (Phi) is 9.74. The molecule has 7 aromatic carbocycles. The third kappa shape index (κ3) is 6.70. The van der Waals surface area contributed by atoms with Crippen LogP contribution in [0.1, 0.15) is 130 Å². The molecule has 5 heteroatoms. The molecule has 0 N–H and O–H groups in total. The molecule has 0 bridgehead atoms. The van der Waals surface area contributed by atoms with Crippen molar-refractivity contribution in [3.8, 4) is 33.9 Å². The van der Waals surface area contributed by atoms with Crippen LogP contribution in [0.2, 0.25) is 0 Å². The van der Waals surface area contributed by atoms with Crippen molar-refractivity contribution < 1.29 is 0 Å². The molecule has 66 heavy (non-hydrogen) atoms. The van der Waals surface area contributed by atoms with Gasteiger partial charge in [0, 0.05) is 0 Å². The van der Waals surface area contributed by atoms with E-state index in [0.717, 1.165) is 22.4 Å². The fourth-order valence-electron chi connectivity index (χ4n) is 10.8. The summed E-state index contributed by atoms with van der Waals surface area (Å²) in [5, 5.41) is 2.72. The second-order valence-electron chi connectivity index (χ2n) is 22.9. The normalized spacial score (nSPS) is 13.7. The number of hydrogen-bond acceptors (Lipinski definition) is 1. The van der Waals surface area contributed by atoms with Crippen molar-refractivity contribution in [3.05, 3.63) is 155 Å². The Morgan fingerprint density at radius 2 is 1.11 bits per heavy atom. The van der Waals surface area contributed by atoms with Crippen LogP contribution in [-0.4, -0.2) is 35.8 Å². The van der Waals surface area contributed by atoms with Crippen LogP contribution >= 0.6 is 0 Å². The SMILES string of the molecule is CC(C)c1cccc(C(C)C)c1-n1c(-c2ccc(-c3cc4c5c(c3)-n3c6ccc(C(C)(C)C)cc6c6cc(C(C)(C)C)cc(c63)B5c3cc(C(C)(C)C)ccc3[Se]4)cc2)nc2ccccc21. The topological polar surface area (TPSA) is 22.8 Å². The molecule has 0 unspecified atom stereocenters. The first-order valence-corrected chi connectivity index (χ1v) is 25.8. The average Bonchev–Trinajstić information content (AvgIpc) is 3.82. The number of rotatable bonds is 5. The van der Waals surface area contributed by atoms with E-state index < -0.39 is 0 Å². The number of benzene rings is 7. The van der Waals surface area contributed by atoms with Gasteiger partial charge in [-0.3, -0.25) is 0 Å². The molecular formula is C61H62BN3Se. The molecule has 0 amide bonds. The second kappa shape index (κ2) is 14.9. The predicted molar refractivity (Wildman–Crippen MR) is 287 cm³/mol. The molecule has 330 valence electrons. The molecule has 11 rings (SSSR count). The molecule has 0 saturated heterocycles. The number of imidazole rings is 1. The Hall–Kier alpha value is -5.61. The number of nitrogens with zero attached hydrogens (tertiary/aromatic N) is 3. The van der Waals surface area contributed by atoms with E-state index in [1.54, 1.807) is 0 Å². The van der Waals surface area contributed by atoms with Gasteiger partial charge >= 0.3 is 367 Å². The van der Waals surface area contributed by atoms with Gasteiger partial charge in [0.2, 0.25) is 0 Å². The molecule has 0 radical (unpaired) electrons. The standard InChI is InChI=1S/C61H62BN3Se/c1-35(2)43-17-16-18-44(36(3)4)56(43)65-51-20-15-14-19-49(51)63-58(65)38-23-21-37(22-24-38)39-29-52-55-54(30-39)66-53-28-26-41(60(8,9)10)33-47(53)62(55)48-34-42(61(11,12)13)32-46-45-31-40(59(5,6)7)25-27-50(45)64(52)57(46)48/h14-36H,1-13H3. The molecule has 0 spiro atoms. The van der Waals surface area contributed by atoms with Crippen molar-refractivity contribution in [2.75, 3.05) is 0 Å². The predicted octanol–water partition coefficient (Wildman–Crippen LogP) is 12.4. The molecular weight excluding hydrogens is 864 g/mol. The number of hydrogen-bond donors (Lipinski definition) is 0. The van der Waals surface area contributed by atoms with Crippen molar-refractivity contribution in [1.29, 1.82) is 0 Å². The zero-order valence-electron chi connectivity index (χ0n) is 41.1. The van der Waals surface area contributed by atoms with Crippen molar-refractivity contribution in [2.45, 2.75) is 118 Å². The molecule has 3 nitrogen and oxygen atoms in total. The maximum atomic E-state index is 5.38. The summed E-state index contributed by atoms with van der Waals surface area (Å²) in [7, 11) is 0. The Morgan fingerprint density at radius 3 is 1.77 bits per heavy atom. The van der Waals surface area contributed by atoms with Crippen LogP contribution in [0.3, 0.4) is 0 Å². The van der Waals surface area contributed by atoms with Crippen LogP contribution in [0.4, 0.5) is 0 Å². The summed E-state index contributed by atoms with van der Waals surface area (Å²) in [6.45, 7) is 30.6. The van der Waals surface area contributed by atoms with Crippen LogP contribution in [0.25, 0.3) is 66.7 Å². The fourth-order valence-corrected chi connectivity index (χ4v) is 13.3. The van der Waals surface area contributed by atoms with E-state index >= 15 is 0 Å². The fraction of sp³-hybridized carbons (Fsp3) is 0.295. The average molecular weight is 927 g/mol. The van der Waals surface area contributed by atoms with E-state index in [1.165, 1.54) is 97.4 Å². The zero-order valence-corrected chi connectivity index (χ0v) is 42.8. The van der Waals surface area contributed by atoms with Crippen LogP contribution in [-0.2, 0) is 16.2 Å². The van der Waals surface area contributed by atoms with E-state index in [0.29, 0.717) is 11.8 Å². The van der Waals surface area contributed by atoms with Crippen molar-refractivity contribution in [1.82, 2.24) is 14.1 Å². The van der Waals surface area contributed by atoms with E-state index in [9.17, 15) is 0 Å². The second-order valence-corrected chi connectivity index (χ2v) is 25.2. The number of aromatic nitrogens is 3. The van der Waals surface area contributed by atoms with Gasteiger partial charge < -0.3 is 0 Å². The molecule has 0 aliphatic carbocycles. The van der Waals surface area contributed by atoms with Crippen LogP contribution < -0.4 is 25.3 Å². The van der Waals surface area contributed by atoms with Gasteiger partial charge in [-0.25, -0.2) is 0 Å². The van der Waals surface area contributed by atoms with Crippen molar-refractivity contribution >= 4 is 79.8 Å². The molecule has 2 aliphatic heterocycles. The third-order valence-electron chi connectivity index (χ3n) is 14.6. The van der Waals surface area contributed by atoms with E-state index in [-0.39, 0.29) is 37.9 Å². The Bertz CT molecular complexity index is 3420. The Morgan fingerprint density at radius 1 is 0.500 bits per heavy atom. The van der Waals surface area contributed by atoms with Gasteiger partial charge in [-0.05, 0) is 0 Å². The Balaban J connectivity index is 1.15. The summed E-state index contributed by atoms with van der Waals surface area (Å²) in [6.07, 6.45) is 0. The zero-order chi connectivity index (χ0) is 46.4. The summed E-state index contributed by atoms with van der Waals surface area (Å²) in [5.74, 6) is 1.71. The molecule has 9 aromatic rings. The van der Waals surface area contributed by atoms with Crippen LogP contribution in [0.5, 0.6) is 0 Å². The minimum atomic E-state index is -0.00697. The maximum absolute atomic E-state index is 5.38. The Labute approximate surface area is 398 Å². The van der Waals surface area contributed by atoms with Gasteiger partial charge in [-0.2, -0.15) is 0 Å². The van der Waals surface area contributed by atoms with Crippen LogP contribution in [0, 0.1) is 0 Å². The molecule has 0 atom stereocenters. The molecule has 2 aromatic heterocycles. The first-order chi connectivity index (χ1) is 31.3. The van der Waals surface area contributed by atoms with E-state index in [2.05, 4.69) is 227 Å². The monoisotopic (exact) mass is 927 g/mol. The summed E-state index contributed by atoms with van der Waals surface area (Å²) in [6, 6.07) is 49.7. The summed E-state index contributed by atoms with van der Waals surface area (Å²) in [4.78, 5) is 5.38. The van der Waals surface area contributed by atoms with E-state index in [4.69, 9.17) is 4.98 Å². The quantitative estimate of drug-likeness (QED) is 0.158.